The fourth-order valence-electron chi connectivity index (χ4n) is 7.10. The summed E-state index contributed by atoms with van der Waals surface area (Å²) in [7, 11) is 0. The summed E-state index contributed by atoms with van der Waals surface area (Å²) >= 11 is 0. The third-order valence-corrected chi connectivity index (χ3v) is 9.38. The summed E-state index contributed by atoms with van der Waals surface area (Å²) in [5, 5.41) is 2.37. The van der Waals surface area contributed by atoms with Crippen LogP contribution in [0.1, 0.15) is 107 Å². The van der Waals surface area contributed by atoms with E-state index in [2.05, 4.69) is 24.1 Å². The van der Waals surface area contributed by atoms with Gasteiger partial charge in [0.2, 0.25) is 11.8 Å². The molecular weight excluding hydrogens is 478 g/mol. The lowest BCUT2D eigenvalue weighted by atomic mass is 9.77. The van der Waals surface area contributed by atoms with Gasteiger partial charge in [0.05, 0.1) is 0 Å². The number of hydrogen-bond donors (Lipinski definition) is 1. The average Bonchev–Trinajstić information content (AvgIpc) is 3.20. The standard InChI is InChI=1S/C31H45N3O4/c1-3-5-9-21(10-6-4-2)23-18-33(19-23)26-11-7-8-12-28(26)38-24-13-14-25-22(17-24)20-34(31(25)37)27-15-16-29(35)32-30(27)36/h13-14,17,21,23,26-28H,3-12,15-16,18-20H2,1-2H3,(H,32,35,36). The van der Waals surface area contributed by atoms with Gasteiger partial charge in [-0.05, 0) is 61.3 Å². The molecule has 5 rings (SSSR count). The molecule has 3 unspecified atom stereocenters. The average molecular weight is 524 g/mol. The zero-order chi connectivity index (χ0) is 26.6. The van der Waals surface area contributed by atoms with Crippen molar-refractivity contribution in [2.24, 2.45) is 11.8 Å². The SMILES string of the molecule is CCCCC(CCCC)C1CN(C2CCCCC2Oc2ccc3c(c2)CN(C2CCC(=O)NC2=O)C3=O)C1. The summed E-state index contributed by atoms with van der Waals surface area (Å²) in [6, 6.07) is 5.64. The zero-order valence-corrected chi connectivity index (χ0v) is 23.3. The number of ether oxygens (including phenoxy) is 1. The Hall–Kier alpha value is -2.41. The summed E-state index contributed by atoms with van der Waals surface area (Å²) in [6.45, 7) is 7.41. The molecule has 0 radical (unpaired) electrons. The highest BCUT2D eigenvalue weighted by Gasteiger charge is 2.42. The fraction of sp³-hybridized carbons (Fsp3) is 0.710. The summed E-state index contributed by atoms with van der Waals surface area (Å²) in [6.07, 6.45) is 13.6. The van der Waals surface area contributed by atoms with E-state index in [0.29, 0.717) is 24.6 Å². The second kappa shape index (κ2) is 12.2. The second-order valence-corrected chi connectivity index (χ2v) is 12.0. The minimum Gasteiger partial charge on any atom is -0.489 e. The minimum absolute atomic E-state index is 0.135. The van der Waals surface area contributed by atoms with Crippen molar-refractivity contribution < 1.29 is 19.1 Å². The molecule has 1 N–H and O–H groups in total. The first-order valence-electron chi connectivity index (χ1n) is 15.2. The van der Waals surface area contributed by atoms with Crippen LogP contribution in [0.4, 0.5) is 0 Å². The Morgan fingerprint density at radius 2 is 1.74 bits per heavy atom. The third-order valence-electron chi connectivity index (χ3n) is 9.38. The number of carbonyl (C=O) groups is 3. The first kappa shape index (κ1) is 27.2. The van der Waals surface area contributed by atoms with Crippen LogP contribution < -0.4 is 10.1 Å². The number of nitrogens with one attached hydrogen (secondary N) is 1. The molecule has 3 amide bonds. The van der Waals surface area contributed by atoms with Gasteiger partial charge in [0.25, 0.3) is 5.91 Å². The summed E-state index contributed by atoms with van der Waals surface area (Å²) < 4.78 is 6.63. The lowest BCUT2D eigenvalue weighted by molar-refractivity contribution is -0.136. The lowest BCUT2D eigenvalue weighted by Gasteiger charge is -2.50. The first-order chi connectivity index (χ1) is 18.5. The maximum atomic E-state index is 13.0. The predicted molar refractivity (Wildman–Crippen MR) is 147 cm³/mol. The Bertz CT molecular complexity index is 1010. The largest absolute Gasteiger partial charge is 0.489 e. The molecule has 3 atom stereocenters. The molecule has 1 saturated carbocycles. The van der Waals surface area contributed by atoms with Gasteiger partial charge in [0.15, 0.2) is 0 Å². The Kier molecular flexibility index (Phi) is 8.71. The number of unbranched alkanes of at least 4 members (excludes halogenated alkanes) is 2. The summed E-state index contributed by atoms with van der Waals surface area (Å²) in [5.41, 5.74) is 1.54. The van der Waals surface area contributed by atoms with Crippen LogP contribution in [-0.2, 0) is 16.1 Å². The number of nitrogens with zero attached hydrogens (tertiary/aromatic N) is 2. The molecular formula is C31H45N3O4. The van der Waals surface area contributed by atoms with E-state index in [-0.39, 0.29) is 30.2 Å². The highest BCUT2D eigenvalue weighted by atomic mass is 16.5. The summed E-state index contributed by atoms with van der Waals surface area (Å²) in [5.74, 6) is 1.75. The number of piperidine rings is 1. The monoisotopic (exact) mass is 523 g/mol. The van der Waals surface area contributed by atoms with Gasteiger partial charge in [-0.1, -0.05) is 58.8 Å². The Labute approximate surface area is 227 Å². The van der Waals surface area contributed by atoms with Gasteiger partial charge in [-0.2, -0.15) is 0 Å². The van der Waals surface area contributed by atoms with Gasteiger partial charge >= 0.3 is 0 Å². The molecule has 3 fully saturated rings. The van der Waals surface area contributed by atoms with E-state index < -0.39 is 6.04 Å². The minimum atomic E-state index is -0.586. The highest BCUT2D eigenvalue weighted by Crippen LogP contribution is 2.38. The molecule has 1 aliphatic carbocycles. The van der Waals surface area contributed by atoms with Crippen LogP contribution in [0.25, 0.3) is 0 Å². The predicted octanol–water partition coefficient (Wildman–Crippen LogP) is 5.07. The van der Waals surface area contributed by atoms with Crippen LogP contribution in [0.2, 0.25) is 0 Å². The molecule has 7 nitrogen and oxygen atoms in total. The van der Waals surface area contributed by atoms with Crippen LogP contribution in [0, 0.1) is 11.8 Å². The molecule has 3 heterocycles. The van der Waals surface area contributed by atoms with Gasteiger partial charge in [-0.25, -0.2) is 0 Å². The van der Waals surface area contributed by atoms with Gasteiger partial charge in [-0.3, -0.25) is 24.6 Å². The molecule has 0 aromatic heterocycles. The van der Waals surface area contributed by atoms with Crippen LogP contribution in [0.3, 0.4) is 0 Å². The Balaban J connectivity index is 1.20. The van der Waals surface area contributed by atoms with Crippen molar-refractivity contribution in [3.63, 3.8) is 0 Å². The van der Waals surface area contributed by atoms with E-state index in [1.54, 1.807) is 4.90 Å². The smallest absolute Gasteiger partial charge is 0.255 e. The highest BCUT2D eigenvalue weighted by molar-refractivity contribution is 6.05. The molecule has 4 aliphatic rings. The van der Waals surface area contributed by atoms with E-state index in [9.17, 15) is 14.4 Å². The molecule has 1 aromatic carbocycles. The fourth-order valence-corrected chi connectivity index (χ4v) is 7.10. The number of benzene rings is 1. The van der Waals surface area contributed by atoms with Crippen LogP contribution >= 0.6 is 0 Å². The van der Waals surface area contributed by atoms with Crippen molar-refractivity contribution in [1.29, 1.82) is 0 Å². The van der Waals surface area contributed by atoms with Gasteiger partial charge in [0, 0.05) is 37.7 Å². The number of fused-ring (bicyclic) bond motifs is 1. The molecule has 0 bridgehead atoms. The number of imide groups is 1. The van der Waals surface area contributed by atoms with E-state index in [4.69, 9.17) is 4.74 Å². The quantitative estimate of drug-likeness (QED) is 0.410. The number of likely N-dealkylation sites (tertiary alicyclic amines) is 1. The topological polar surface area (TPSA) is 79.0 Å². The number of rotatable bonds is 11. The molecule has 2 saturated heterocycles. The van der Waals surface area contributed by atoms with Crippen molar-refractivity contribution in [1.82, 2.24) is 15.1 Å². The molecule has 38 heavy (non-hydrogen) atoms. The molecule has 0 spiro atoms. The van der Waals surface area contributed by atoms with Gasteiger partial charge in [0.1, 0.15) is 17.9 Å². The Morgan fingerprint density at radius 3 is 2.45 bits per heavy atom. The normalized spacial score (nSPS) is 26.4. The summed E-state index contributed by atoms with van der Waals surface area (Å²) in [4.78, 5) is 41.2. The van der Waals surface area contributed by atoms with Crippen molar-refractivity contribution >= 4 is 17.7 Å². The van der Waals surface area contributed by atoms with Crippen LogP contribution in [0.5, 0.6) is 5.75 Å². The van der Waals surface area contributed by atoms with Crippen LogP contribution in [0.15, 0.2) is 18.2 Å². The maximum absolute atomic E-state index is 13.0. The number of amides is 3. The second-order valence-electron chi connectivity index (χ2n) is 12.0. The van der Waals surface area contributed by atoms with Gasteiger partial charge < -0.3 is 9.64 Å². The molecule has 208 valence electrons. The maximum Gasteiger partial charge on any atom is 0.255 e. The van der Waals surface area contributed by atoms with E-state index >= 15 is 0 Å². The molecule has 3 aliphatic heterocycles. The van der Waals surface area contributed by atoms with Crippen molar-refractivity contribution in [2.45, 2.75) is 116 Å². The van der Waals surface area contributed by atoms with E-state index in [1.165, 1.54) is 70.9 Å². The Morgan fingerprint density at radius 1 is 1.00 bits per heavy atom. The first-order valence-corrected chi connectivity index (χ1v) is 15.2. The number of hydrogen-bond acceptors (Lipinski definition) is 5. The number of carbonyl (C=O) groups excluding carboxylic acids is 3. The van der Waals surface area contributed by atoms with Crippen molar-refractivity contribution in [2.75, 3.05) is 13.1 Å². The molecule has 7 heteroatoms. The van der Waals surface area contributed by atoms with Crippen LogP contribution in [-0.4, -0.2) is 58.8 Å². The molecule has 1 aromatic rings. The van der Waals surface area contributed by atoms with Crippen molar-refractivity contribution in [3.8, 4) is 5.75 Å². The third kappa shape index (κ3) is 5.78. The van der Waals surface area contributed by atoms with E-state index in [0.717, 1.165) is 29.6 Å². The van der Waals surface area contributed by atoms with Gasteiger partial charge in [-0.15, -0.1) is 0 Å². The zero-order valence-electron chi connectivity index (χ0n) is 23.3. The lowest BCUT2D eigenvalue weighted by Crippen LogP contribution is -2.59. The van der Waals surface area contributed by atoms with Crippen molar-refractivity contribution in [3.05, 3.63) is 29.3 Å². The van der Waals surface area contributed by atoms with E-state index in [1.807, 2.05) is 18.2 Å².